The SMILES string of the molecule is COc1cc(NC2CCCN(c3cccc(F)c3[N+](=O)[O-])C2)cc(OC)c1. The van der Waals surface area contributed by atoms with Crippen molar-refractivity contribution >= 4 is 17.1 Å². The molecule has 0 aromatic heterocycles. The highest BCUT2D eigenvalue weighted by atomic mass is 19.1. The molecular formula is C19H22FN3O4. The van der Waals surface area contributed by atoms with Crippen molar-refractivity contribution in [3.05, 3.63) is 52.3 Å². The second-order valence-corrected chi connectivity index (χ2v) is 6.40. The quantitative estimate of drug-likeness (QED) is 0.611. The molecule has 0 spiro atoms. The highest BCUT2D eigenvalue weighted by molar-refractivity contribution is 5.64. The van der Waals surface area contributed by atoms with Gasteiger partial charge < -0.3 is 19.7 Å². The molecule has 1 N–H and O–H groups in total. The van der Waals surface area contributed by atoms with Gasteiger partial charge in [-0.1, -0.05) is 6.07 Å². The smallest absolute Gasteiger partial charge is 0.327 e. The van der Waals surface area contributed by atoms with Crippen LogP contribution >= 0.6 is 0 Å². The Bertz CT molecular complexity index is 808. The summed E-state index contributed by atoms with van der Waals surface area (Å²) in [7, 11) is 3.17. The number of anilines is 2. The largest absolute Gasteiger partial charge is 0.497 e. The van der Waals surface area contributed by atoms with Gasteiger partial charge in [0.05, 0.1) is 19.1 Å². The molecule has 0 aliphatic carbocycles. The van der Waals surface area contributed by atoms with E-state index in [4.69, 9.17) is 9.47 Å². The topological polar surface area (TPSA) is 76.9 Å². The summed E-state index contributed by atoms with van der Waals surface area (Å²) in [6.07, 6.45) is 1.74. The number of piperidine rings is 1. The highest BCUT2D eigenvalue weighted by Crippen LogP contribution is 2.33. The average molecular weight is 375 g/mol. The van der Waals surface area contributed by atoms with E-state index in [0.29, 0.717) is 30.3 Å². The lowest BCUT2D eigenvalue weighted by molar-refractivity contribution is -0.386. The molecule has 1 aliphatic heterocycles. The molecule has 3 rings (SSSR count). The zero-order chi connectivity index (χ0) is 19.4. The number of nitro benzene ring substituents is 1. The van der Waals surface area contributed by atoms with Gasteiger partial charge in [0.2, 0.25) is 5.82 Å². The van der Waals surface area contributed by atoms with Crippen LogP contribution in [-0.4, -0.2) is 38.3 Å². The van der Waals surface area contributed by atoms with Gasteiger partial charge in [0.1, 0.15) is 17.2 Å². The molecule has 1 atom stereocenters. The molecule has 1 saturated heterocycles. The number of halogens is 1. The van der Waals surface area contributed by atoms with Crippen molar-refractivity contribution in [1.29, 1.82) is 0 Å². The molecular weight excluding hydrogens is 353 g/mol. The molecule has 1 fully saturated rings. The van der Waals surface area contributed by atoms with Gasteiger partial charge in [-0.05, 0) is 25.0 Å². The maximum atomic E-state index is 14.0. The predicted molar refractivity (Wildman–Crippen MR) is 101 cm³/mol. The third kappa shape index (κ3) is 4.21. The number of nitrogens with one attached hydrogen (secondary N) is 1. The van der Waals surface area contributed by atoms with Crippen LogP contribution in [0.1, 0.15) is 12.8 Å². The van der Waals surface area contributed by atoms with Crippen molar-refractivity contribution in [3.8, 4) is 11.5 Å². The van der Waals surface area contributed by atoms with E-state index >= 15 is 0 Å². The zero-order valence-electron chi connectivity index (χ0n) is 15.3. The first-order valence-electron chi connectivity index (χ1n) is 8.69. The second kappa shape index (κ2) is 8.11. The summed E-state index contributed by atoms with van der Waals surface area (Å²) in [6.45, 7) is 1.17. The van der Waals surface area contributed by atoms with Gasteiger partial charge in [-0.3, -0.25) is 10.1 Å². The Morgan fingerprint density at radius 1 is 1.22 bits per heavy atom. The van der Waals surface area contributed by atoms with Crippen molar-refractivity contribution in [2.75, 3.05) is 37.5 Å². The molecule has 1 unspecified atom stereocenters. The van der Waals surface area contributed by atoms with Gasteiger partial charge in [0.15, 0.2) is 0 Å². The zero-order valence-corrected chi connectivity index (χ0v) is 15.3. The van der Waals surface area contributed by atoms with Crippen LogP contribution in [0.3, 0.4) is 0 Å². The Kier molecular flexibility index (Phi) is 5.63. The third-order valence-corrected chi connectivity index (χ3v) is 4.63. The molecule has 2 aromatic rings. The number of rotatable bonds is 6. The first-order valence-corrected chi connectivity index (χ1v) is 8.69. The van der Waals surface area contributed by atoms with Crippen molar-refractivity contribution in [3.63, 3.8) is 0 Å². The van der Waals surface area contributed by atoms with E-state index < -0.39 is 16.4 Å². The molecule has 0 radical (unpaired) electrons. The summed E-state index contributed by atoms with van der Waals surface area (Å²) in [4.78, 5) is 12.5. The van der Waals surface area contributed by atoms with Crippen LogP contribution < -0.4 is 19.7 Å². The second-order valence-electron chi connectivity index (χ2n) is 6.40. The van der Waals surface area contributed by atoms with Crippen molar-refractivity contribution < 1.29 is 18.8 Å². The fourth-order valence-electron chi connectivity index (χ4n) is 3.38. The Hall–Kier alpha value is -3.03. The summed E-state index contributed by atoms with van der Waals surface area (Å²) in [5.41, 5.74) is 0.683. The number of para-hydroxylation sites is 1. The van der Waals surface area contributed by atoms with Gasteiger partial charge in [-0.2, -0.15) is 4.39 Å². The fraction of sp³-hybridized carbons (Fsp3) is 0.368. The van der Waals surface area contributed by atoms with E-state index in [1.807, 2.05) is 17.0 Å². The molecule has 1 heterocycles. The summed E-state index contributed by atoms with van der Waals surface area (Å²) in [6, 6.07) is 9.79. The minimum atomic E-state index is -0.815. The molecule has 0 bridgehead atoms. The Morgan fingerprint density at radius 3 is 2.56 bits per heavy atom. The number of benzene rings is 2. The fourth-order valence-corrected chi connectivity index (χ4v) is 3.38. The van der Waals surface area contributed by atoms with Crippen molar-refractivity contribution in [2.45, 2.75) is 18.9 Å². The number of hydrogen-bond acceptors (Lipinski definition) is 6. The number of nitrogens with zero attached hydrogens (tertiary/aromatic N) is 2. The van der Waals surface area contributed by atoms with Gasteiger partial charge in [-0.15, -0.1) is 0 Å². The average Bonchev–Trinajstić information content (AvgIpc) is 2.67. The van der Waals surface area contributed by atoms with Crippen LogP contribution in [0.15, 0.2) is 36.4 Å². The van der Waals surface area contributed by atoms with E-state index in [1.54, 1.807) is 26.4 Å². The maximum Gasteiger partial charge on any atom is 0.327 e. The van der Waals surface area contributed by atoms with Crippen molar-refractivity contribution in [1.82, 2.24) is 0 Å². The molecule has 0 amide bonds. The number of ether oxygens (including phenoxy) is 2. The van der Waals surface area contributed by atoms with Crippen LogP contribution in [0.2, 0.25) is 0 Å². The van der Waals surface area contributed by atoms with E-state index in [9.17, 15) is 14.5 Å². The van der Waals surface area contributed by atoms with Crippen LogP contribution in [0.5, 0.6) is 11.5 Å². The molecule has 8 heteroatoms. The van der Waals surface area contributed by atoms with E-state index in [2.05, 4.69) is 5.32 Å². The van der Waals surface area contributed by atoms with Gasteiger partial charge in [-0.25, -0.2) is 0 Å². The first-order chi connectivity index (χ1) is 13.0. The van der Waals surface area contributed by atoms with Crippen LogP contribution in [0.25, 0.3) is 0 Å². The standard InChI is InChI=1S/C19H22FN3O4/c1-26-15-9-14(10-16(11-15)27-2)21-13-5-4-8-22(12-13)18-7-3-6-17(20)19(18)23(24)25/h3,6-7,9-11,13,21H,4-5,8,12H2,1-2H3. The van der Waals surface area contributed by atoms with E-state index in [-0.39, 0.29) is 6.04 Å². The van der Waals surface area contributed by atoms with E-state index in [0.717, 1.165) is 24.6 Å². The highest BCUT2D eigenvalue weighted by Gasteiger charge is 2.28. The normalized spacial score (nSPS) is 16.7. The molecule has 144 valence electrons. The van der Waals surface area contributed by atoms with Crippen LogP contribution in [-0.2, 0) is 0 Å². The Labute approximate surface area is 156 Å². The van der Waals surface area contributed by atoms with E-state index in [1.165, 1.54) is 6.07 Å². The molecule has 27 heavy (non-hydrogen) atoms. The Morgan fingerprint density at radius 2 is 1.93 bits per heavy atom. The number of nitro groups is 1. The van der Waals surface area contributed by atoms with Gasteiger partial charge in [0.25, 0.3) is 0 Å². The molecule has 7 nitrogen and oxygen atoms in total. The third-order valence-electron chi connectivity index (χ3n) is 4.63. The lowest BCUT2D eigenvalue weighted by Gasteiger charge is -2.35. The van der Waals surface area contributed by atoms with Gasteiger partial charge >= 0.3 is 5.69 Å². The monoisotopic (exact) mass is 375 g/mol. The van der Waals surface area contributed by atoms with Gasteiger partial charge in [0, 0.05) is 43.0 Å². The maximum absolute atomic E-state index is 14.0. The van der Waals surface area contributed by atoms with Crippen LogP contribution in [0, 0.1) is 15.9 Å². The first kappa shape index (κ1) is 18.8. The lowest BCUT2D eigenvalue weighted by Crippen LogP contribution is -2.42. The predicted octanol–water partition coefficient (Wildman–Crippen LogP) is 3.83. The lowest BCUT2D eigenvalue weighted by atomic mass is 10.0. The Balaban J connectivity index is 1.80. The minimum Gasteiger partial charge on any atom is -0.497 e. The van der Waals surface area contributed by atoms with Crippen LogP contribution in [0.4, 0.5) is 21.5 Å². The summed E-state index contributed by atoms with van der Waals surface area (Å²) in [5, 5.41) is 14.7. The summed E-state index contributed by atoms with van der Waals surface area (Å²) in [5.74, 6) is 0.528. The molecule has 0 saturated carbocycles. The number of hydrogen-bond donors (Lipinski definition) is 1. The molecule has 1 aliphatic rings. The minimum absolute atomic E-state index is 0.0541. The summed E-state index contributed by atoms with van der Waals surface area (Å²) < 4.78 is 24.5. The number of methoxy groups -OCH3 is 2. The van der Waals surface area contributed by atoms with Crippen molar-refractivity contribution in [2.24, 2.45) is 0 Å². The molecule has 2 aromatic carbocycles. The summed E-state index contributed by atoms with van der Waals surface area (Å²) >= 11 is 0.